The molecule has 0 spiro atoms. The van der Waals surface area contributed by atoms with E-state index < -0.39 is 34.8 Å². The molecule has 0 aliphatic carbocycles. The molecule has 2 aromatic rings. The van der Waals surface area contributed by atoms with Crippen LogP contribution in [0.3, 0.4) is 0 Å². The molecule has 2 aromatic carbocycles. The van der Waals surface area contributed by atoms with Crippen LogP contribution in [0.15, 0.2) is 36.1 Å². The van der Waals surface area contributed by atoms with Gasteiger partial charge in [0.2, 0.25) is 11.5 Å². The molecular weight excluding hydrogens is 332 g/mol. The third-order valence-corrected chi connectivity index (χ3v) is 3.41. The van der Waals surface area contributed by atoms with Gasteiger partial charge in [0, 0.05) is 5.56 Å². The van der Waals surface area contributed by atoms with Gasteiger partial charge in [0.1, 0.15) is 5.82 Å². The summed E-state index contributed by atoms with van der Waals surface area (Å²) in [6.45, 7) is 0. The van der Waals surface area contributed by atoms with Crippen molar-refractivity contribution in [1.82, 2.24) is 0 Å². The number of rotatable bonds is 1. The number of phenols is 2. The first kappa shape index (κ1) is 15.9. The van der Waals surface area contributed by atoms with Gasteiger partial charge < -0.3 is 14.9 Å². The third-order valence-electron chi connectivity index (χ3n) is 3.41. The minimum atomic E-state index is -4.69. The van der Waals surface area contributed by atoms with Gasteiger partial charge in [-0.3, -0.25) is 4.79 Å². The Morgan fingerprint density at radius 2 is 1.79 bits per heavy atom. The molecule has 1 aliphatic rings. The minimum absolute atomic E-state index is 0.0520. The van der Waals surface area contributed by atoms with Crippen LogP contribution in [-0.4, -0.2) is 16.0 Å². The van der Waals surface area contributed by atoms with Crippen LogP contribution in [-0.2, 0) is 6.18 Å². The molecule has 1 heterocycles. The number of allylic oxidation sites excluding steroid dienone is 1. The van der Waals surface area contributed by atoms with Crippen LogP contribution in [0.4, 0.5) is 17.6 Å². The maximum Gasteiger partial charge on any atom is 0.416 e. The van der Waals surface area contributed by atoms with E-state index >= 15 is 0 Å². The molecule has 3 rings (SSSR count). The number of ketones is 1. The summed E-state index contributed by atoms with van der Waals surface area (Å²) in [5.41, 5.74) is -1.50. The van der Waals surface area contributed by atoms with Crippen molar-refractivity contribution >= 4 is 11.9 Å². The fourth-order valence-corrected chi connectivity index (χ4v) is 2.19. The maximum atomic E-state index is 13.8. The average molecular weight is 340 g/mol. The van der Waals surface area contributed by atoms with E-state index in [-0.39, 0.29) is 22.6 Å². The minimum Gasteiger partial charge on any atom is -0.504 e. The summed E-state index contributed by atoms with van der Waals surface area (Å²) in [6, 6.07) is 4.13. The van der Waals surface area contributed by atoms with E-state index in [0.29, 0.717) is 12.1 Å². The zero-order valence-corrected chi connectivity index (χ0v) is 11.7. The summed E-state index contributed by atoms with van der Waals surface area (Å²) in [5, 5.41) is 19.0. The molecule has 0 saturated carbocycles. The SMILES string of the molecule is O=C1C(=Cc2ccc(C(F)(F)F)cc2F)Oc2c1ccc(O)c2O. The Morgan fingerprint density at radius 3 is 2.42 bits per heavy atom. The van der Waals surface area contributed by atoms with E-state index in [1.54, 1.807) is 0 Å². The van der Waals surface area contributed by atoms with E-state index in [2.05, 4.69) is 0 Å². The summed E-state index contributed by atoms with van der Waals surface area (Å²) >= 11 is 0. The number of Topliss-reactive ketones (excluding diaryl/α,β-unsaturated/α-hetero) is 1. The molecule has 0 aromatic heterocycles. The normalized spacial score (nSPS) is 15.5. The molecule has 4 nitrogen and oxygen atoms in total. The van der Waals surface area contributed by atoms with Crippen molar-refractivity contribution in [3.8, 4) is 17.2 Å². The predicted octanol–water partition coefficient (Wildman–Crippen LogP) is 3.87. The van der Waals surface area contributed by atoms with Crippen molar-refractivity contribution in [1.29, 1.82) is 0 Å². The molecule has 24 heavy (non-hydrogen) atoms. The van der Waals surface area contributed by atoms with E-state index in [0.717, 1.165) is 18.2 Å². The number of carbonyl (C=O) groups excluding carboxylic acids is 1. The van der Waals surface area contributed by atoms with Crippen LogP contribution in [0.5, 0.6) is 17.2 Å². The number of phenolic OH excluding ortho intramolecular Hbond substituents is 2. The van der Waals surface area contributed by atoms with E-state index in [1.807, 2.05) is 0 Å². The van der Waals surface area contributed by atoms with Crippen molar-refractivity contribution in [2.45, 2.75) is 6.18 Å². The first-order valence-corrected chi connectivity index (χ1v) is 6.54. The van der Waals surface area contributed by atoms with Crippen LogP contribution < -0.4 is 4.74 Å². The smallest absolute Gasteiger partial charge is 0.416 e. The van der Waals surface area contributed by atoms with Crippen LogP contribution in [0, 0.1) is 5.82 Å². The van der Waals surface area contributed by atoms with E-state index in [9.17, 15) is 32.6 Å². The molecule has 0 fully saturated rings. The monoisotopic (exact) mass is 340 g/mol. The number of benzene rings is 2. The largest absolute Gasteiger partial charge is 0.504 e. The van der Waals surface area contributed by atoms with Gasteiger partial charge in [-0.15, -0.1) is 0 Å². The Kier molecular flexibility index (Phi) is 3.47. The number of halogens is 4. The van der Waals surface area contributed by atoms with Crippen LogP contribution in [0.2, 0.25) is 0 Å². The summed E-state index contributed by atoms with van der Waals surface area (Å²) in [7, 11) is 0. The Labute approximate surface area is 132 Å². The number of carbonyl (C=O) groups is 1. The first-order valence-electron chi connectivity index (χ1n) is 6.54. The van der Waals surface area contributed by atoms with Crippen LogP contribution in [0.1, 0.15) is 21.5 Å². The topological polar surface area (TPSA) is 66.8 Å². The lowest BCUT2D eigenvalue weighted by molar-refractivity contribution is -0.137. The lowest BCUT2D eigenvalue weighted by Gasteiger charge is -2.07. The molecular formula is C16H8F4O4. The van der Waals surface area contributed by atoms with Crippen molar-refractivity contribution in [3.63, 3.8) is 0 Å². The fraction of sp³-hybridized carbons (Fsp3) is 0.0625. The zero-order valence-electron chi connectivity index (χ0n) is 11.7. The average Bonchev–Trinajstić information content (AvgIpc) is 2.81. The number of ether oxygens (including phenoxy) is 1. The van der Waals surface area contributed by atoms with Crippen molar-refractivity contribution in [2.24, 2.45) is 0 Å². The van der Waals surface area contributed by atoms with Crippen LogP contribution in [0.25, 0.3) is 6.08 Å². The van der Waals surface area contributed by atoms with Gasteiger partial charge in [0.15, 0.2) is 17.3 Å². The van der Waals surface area contributed by atoms with Crippen LogP contribution >= 0.6 is 0 Å². The van der Waals surface area contributed by atoms with Gasteiger partial charge in [-0.1, -0.05) is 6.07 Å². The van der Waals surface area contributed by atoms with E-state index in [1.165, 1.54) is 6.07 Å². The second-order valence-corrected chi connectivity index (χ2v) is 4.98. The second-order valence-electron chi connectivity index (χ2n) is 4.98. The molecule has 124 valence electrons. The number of hydrogen-bond acceptors (Lipinski definition) is 4. The quantitative estimate of drug-likeness (QED) is 0.470. The third kappa shape index (κ3) is 2.55. The molecule has 0 saturated heterocycles. The van der Waals surface area contributed by atoms with E-state index in [4.69, 9.17) is 4.74 Å². The zero-order chi connectivity index (χ0) is 17.6. The summed E-state index contributed by atoms with van der Waals surface area (Å²) < 4.78 is 56.5. The number of alkyl halides is 3. The molecule has 0 bridgehead atoms. The number of hydrogen-bond donors (Lipinski definition) is 2. The van der Waals surface area contributed by atoms with Gasteiger partial charge in [0.05, 0.1) is 11.1 Å². The van der Waals surface area contributed by atoms with Crippen molar-refractivity contribution in [3.05, 3.63) is 58.6 Å². The maximum absolute atomic E-state index is 13.8. The molecule has 0 amide bonds. The Morgan fingerprint density at radius 1 is 1.08 bits per heavy atom. The molecule has 1 aliphatic heterocycles. The number of fused-ring (bicyclic) bond motifs is 1. The lowest BCUT2D eigenvalue weighted by Crippen LogP contribution is -2.06. The Balaban J connectivity index is 1.99. The van der Waals surface area contributed by atoms with Gasteiger partial charge in [0.25, 0.3) is 0 Å². The second kappa shape index (κ2) is 5.26. The first-order chi connectivity index (χ1) is 11.2. The molecule has 0 atom stereocenters. The van der Waals surface area contributed by atoms with Gasteiger partial charge in [-0.2, -0.15) is 13.2 Å². The molecule has 8 heteroatoms. The summed E-state index contributed by atoms with van der Waals surface area (Å²) in [6.07, 6.45) is -3.76. The molecule has 2 N–H and O–H groups in total. The van der Waals surface area contributed by atoms with Crippen molar-refractivity contribution in [2.75, 3.05) is 0 Å². The van der Waals surface area contributed by atoms with Gasteiger partial charge in [-0.25, -0.2) is 4.39 Å². The highest BCUT2D eigenvalue weighted by Gasteiger charge is 2.33. The van der Waals surface area contributed by atoms with Gasteiger partial charge in [-0.05, 0) is 30.3 Å². The molecule has 0 radical (unpaired) electrons. The Hall–Kier alpha value is -3.03. The van der Waals surface area contributed by atoms with Gasteiger partial charge >= 0.3 is 6.18 Å². The predicted molar refractivity (Wildman–Crippen MR) is 74.1 cm³/mol. The standard InChI is InChI=1S/C16H8F4O4/c17-10-6-8(16(18,19)20)2-1-7(10)5-12-13(22)9-3-4-11(21)14(23)15(9)24-12/h1-6,21,23H. The highest BCUT2D eigenvalue weighted by molar-refractivity contribution is 6.15. The summed E-state index contributed by atoms with van der Waals surface area (Å²) in [4.78, 5) is 12.1. The Bertz CT molecular complexity index is 884. The van der Waals surface area contributed by atoms with Crippen molar-refractivity contribution < 1.29 is 37.3 Å². The number of aromatic hydroxyl groups is 2. The highest BCUT2D eigenvalue weighted by atomic mass is 19.4. The molecule has 0 unspecified atom stereocenters. The lowest BCUT2D eigenvalue weighted by atomic mass is 10.1. The fourth-order valence-electron chi connectivity index (χ4n) is 2.19. The highest BCUT2D eigenvalue weighted by Crippen LogP contribution is 2.44. The summed E-state index contributed by atoms with van der Waals surface area (Å²) in [5.74, 6) is -3.72.